The Bertz CT molecular complexity index is 767. The number of rotatable bonds is 9. The molecule has 0 spiro atoms. The summed E-state index contributed by atoms with van der Waals surface area (Å²) >= 11 is 0. The lowest BCUT2D eigenvalue weighted by Crippen LogP contribution is -2.06. The summed E-state index contributed by atoms with van der Waals surface area (Å²) in [6.45, 7) is 2.10. The minimum absolute atomic E-state index is 0.0389. The van der Waals surface area contributed by atoms with Crippen LogP contribution in [0.1, 0.15) is 34.8 Å². The Morgan fingerprint density at radius 2 is 1.62 bits per heavy atom. The van der Waals surface area contributed by atoms with Gasteiger partial charge in [0.05, 0.1) is 34.0 Å². The SMILES string of the molecule is CCc1ccc(OC)c(CCC(=O)c2cc(OC)cc(OC)c2OC)c1. The van der Waals surface area contributed by atoms with Gasteiger partial charge in [-0.3, -0.25) is 4.79 Å². The number of ketones is 1. The van der Waals surface area contributed by atoms with Gasteiger partial charge < -0.3 is 18.9 Å². The average Bonchev–Trinajstić information content (AvgIpc) is 2.70. The van der Waals surface area contributed by atoms with Gasteiger partial charge in [-0.1, -0.05) is 19.1 Å². The van der Waals surface area contributed by atoms with Crippen LogP contribution < -0.4 is 18.9 Å². The lowest BCUT2D eigenvalue weighted by Gasteiger charge is -2.14. The largest absolute Gasteiger partial charge is 0.497 e. The first-order valence-corrected chi connectivity index (χ1v) is 8.56. The fraction of sp³-hybridized carbons (Fsp3) is 0.381. The number of hydrogen-bond acceptors (Lipinski definition) is 5. The van der Waals surface area contributed by atoms with E-state index in [0.29, 0.717) is 35.7 Å². The van der Waals surface area contributed by atoms with Gasteiger partial charge in [-0.2, -0.15) is 0 Å². The molecular weight excluding hydrogens is 332 g/mol. The third-order valence-corrected chi connectivity index (χ3v) is 4.36. The number of ether oxygens (including phenoxy) is 4. The molecule has 5 heteroatoms. The monoisotopic (exact) mass is 358 g/mol. The van der Waals surface area contributed by atoms with Crippen molar-refractivity contribution in [3.63, 3.8) is 0 Å². The average molecular weight is 358 g/mol. The van der Waals surface area contributed by atoms with Crippen molar-refractivity contribution in [3.05, 3.63) is 47.0 Å². The Morgan fingerprint density at radius 1 is 0.885 bits per heavy atom. The van der Waals surface area contributed by atoms with Crippen LogP contribution in [0.15, 0.2) is 30.3 Å². The van der Waals surface area contributed by atoms with Crippen LogP contribution in [-0.4, -0.2) is 34.2 Å². The molecule has 0 fully saturated rings. The molecule has 0 aliphatic carbocycles. The van der Waals surface area contributed by atoms with E-state index in [1.807, 2.05) is 12.1 Å². The Labute approximate surface area is 154 Å². The standard InChI is InChI=1S/C21H26O5/c1-6-14-7-10-19(24-3)15(11-14)8-9-18(22)17-12-16(23-2)13-20(25-4)21(17)26-5/h7,10-13H,6,8-9H2,1-5H3. The number of hydrogen-bond donors (Lipinski definition) is 0. The summed E-state index contributed by atoms with van der Waals surface area (Å²) in [7, 11) is 6.25. The summed E-state index contributed by atoms with van der Waals surface area (Å²) in [5, 5.41) is 0. The molecule has 0 atom stereocenters. The molecule has 0 radical (unpaired) electrons. The molecule has 2 aromatic carbocycles. The van der Waals surface area contributed by atoms with E-state index in [1.54, 1.807) is 26.4 Å². The van der Waals surface area contributed by atoms with Crippen molar-refractivity contribution in [2.45, 2.75) is 26.2 Å². The van der Waals surface area contributed by atoms with Crippen LogP contribution in [0.3, 0.4) is 0 Å². The molecule has 0 aliphatic heterocycles. The van der Waals surface area contributed by atoms with Gasteiger partial charge in [0.2, 0.25) is 0 Å². The number of Topliss-reactive ketones (excluding diaryl/α,β-unsaturated/α-hetero) is 1. The highest BCUT2D eigenvalue weighted by atomic mass is 16.5. The van der Waals surface area contributed by atoms with Gasteiger partial charge in [0.1, 0.15) is 11.5 Å². The second kappa shape index (κ2) is 9.13. The first kappa shape index (κ1) is 19.6. The van der Waals surface area contributed by atoms with E-state index in [9.17, 15) is 4.79 Å². The van der Waals surface area contributed by atoms with Gasteiger partial charge >= 0.3 is 0 Å². The lowest BCUT2D eigenvalue weighted by molar-refractivity contribution is 0.0978. The maximum atomic E-state index is 12.9. The lowest BCUT2D eigenvalue weighted by atomic mass is 9.99. The Balaban J connectivity index is 2.28. The molecule has 0 aromatic heterocycles. The highest BCUT2D eigenvalue weighted by Crippen LogP contribution is 2.36. The van der Waals surface area contributed by atoms with Crippen LogP contribution in [-0.2, 0) is 12.8 Å². The summed E-state index contributed by atoms with van der Waals surface area (Å²) in [6.07, 6.45) is 1.85. The van der Waals surface area contributed by atoms with Gasteiger partial charge in [0.15, 0.2) is 17.3 Å². The summed E-state index contributed by atoms with van der Waals surface area (Å²) in [5.74, 6) is 2.21. The Kier molecular flexibility index (Phi) is 6.89. The van der Waals surface area contributed by atoms with Crippen LogP contribution >= 0.6 is 0 Å². The first-order valence-electron chi connectivity index (χ1n) is 8.56. The number of carbonyl (C=O) groups excluding carboxylic acids is 1. The normalized spacial score (nSPS) is 10.3. The zero-order valence-corrected chi connectivity index (χ0v) is 16.0. The molecule has 0 aliphatic rings. The number of carbonyl (C=O) groups is 1. The Morgan fingerprint density at radius 3 is 2.19 bits per heavy atom. The minimum atomic E-state index is -0.0389. The molecule has 0 saturated heterocycles. The predicted molar refractivity (Wildman–Crippen MR) is 101 cm³/mol. The molecule has 26 heavy (non-hydrogen) atoms. The predicted octanol–water partition coefficient (Wildman–Crippen LogP) is 4.10. The smallest absolute Gasteiger partial charge is 0.171 e. The second-order valence-electron chi connectivity index (χ2n) is 5.83. The van der Waals surface area contributed by atoms with Crippen molar-refractivity contribution in [3.8, 4) is 23.0 Å². The van der Waals surface area contributed by atoms with E-state index in [4.69, 9.17) is 18.9 Å². The molecule has 0 N–H and O–H groups in total. The third-order valence-electron chi connectivity index (χ3n) is 4.36. The first-order chi connectivity index (χ1) is 12.6. The van der Waals surface area contributed by atoms with Crippen molar-refractivity contribution in [2.24, 2.45) is 0 Å². The molecule has 5 nitrogen and oxygen atoms in total. The molecule has 140 valence electrons. The third kappa shape index (κ3) is 4.28. The zero-order chi connectivity index (χ0) is 19.1. The van der Waals surface area contributed by atoms with Gasteiger partial charge in [-0.05, 0) is 36.1 Å². The van der Waals surface area contributed by atoms with E-state index >= 15 is 0 Å². The van der Waals surface area contributed by atoms with Gasteiger partial charge in [-0.25, -0.2) is 0 Å². The number of benzene rings is 2. The number of methoxy groups -OCH3 is 4. The molecular formula is C21H26O5. The van der Waals surface area contributed by atoms with Crippen molar-refractivity contribution < 1.29 is 23.7 Å². The summed E-state index contributed by atoms with van der Waals surface area (Å²) in [6, 6.07) is 9.47. The van der Waals surface area contributed by atoms with Crippen LogP contribution in [0.5, 0.6) is 23.0 Å². The molecule has 2 aromatic rings. The molecule has 0 bridgehead atoms. The van der Waals surface area contributed by atoms with Gasteiger partial charge in [0, 0.05) is 12.5 Å². The van der Waals surface area contributed by atoms with Gasteiger partial charge in [0.25, 0.3) is 0 Å². The van der Waals surface area contributed by atoms with E-state index in [-0.39, 0.29) is 5.78 Å². The number of aryl methyl sites for hydroxylation is 2. The van der Waals surface area contributed by atoms with Crippen LogP contribution in [0.2, 0.25) is 0 Å². The summed E-state index contributed by atoms with van der Waals surface area (Å²) in [4.78, 5) is 12.9. The van der Waals surface area contributed by atoms with Crippen LogP contribution in [0.4, 0.5) is 0 Å². The van der Waals surface area contributed by atoms with E-state index in [0.717, 1.165) is 17.7 Å². The van der Waals surface area contributed by atoms with E-state index in [2.05, 4.69) is 13.0 Å². The van der Waals surface area contributed by atoms with Crippen molar-refractivity contribution >= 4 is 5.78 Å². The molecule has 2 rings (SSSR count). The van der Waals surface area contributed by atoms with Crippen molar-refractivity contribution in [1.82, 2.24) is 0 Å². The van der Waals surface area contributed by atoms with Crippen LogP contribution in [0.25, 0.3) is 0 Å². The topological polar surface area (TPSA) is 54.0 Å². The summed E-state index contributed by atoms with van der Waals surface area (Å²) in [5.41, 5.74) is 2.69. The highest BCUT2D eigenvalue weighted by Gasteiger charge is 2.19. The summed E-state index contributed by atoms with van der Waals surface area (Å²) < 4.78 is 21.4. The Hall–Kier alpha value is -2.69. The second-order valence-corrected chi connectivity index (χ2v) is 5.83. The maximum absolute atomic E-state index is 12.9. The van der Waals surface area contributed by atoms with Crippen LogP contribution in [0, 0.1) is 0 Å². The van der Waals surface area contributed by atoms with E-state index < -0.39 is 0 Å². The van der Waals surface area contributed by atoms with Gasteiger partial charge in [-0.15, -0.1) is 0 Å². The molecule has 0 unspecified atom stereocenters. The quantitative estimate of drug-likeness (QED) is 0.632. The molecule has 0 saturated carbocycles. The van der Waals surface area contributed by atoms with Crippen molar-refractivity contribution in [1.29, 1.82) is 0 Å². The van der Waals surface area contributed by atoms with E-state index in [1.165, 1.54) is 19.8 Å². The molecule has 0 heterocycles. The highest BCUT2D eigenvalue weighted by molar-refractivity contribution is 6.00. The molecule has 0 amide bonds. The maximum Gasteiger partial charge on any atom is 0.171 e. The zero-order valence-electron chi connectivity index (χ0n) is 16.0. The minimum Gasteiger partial charge on any atom is -0.497 e. The fourth-order valence-corrected chi connectivity index (χ4v) is 2.89. The van der Waals surface area contributed by atoms with Crippen molar-refractivity contribution in [2.75, 3.05) is 28.4 Å². The fourth-order valence-electron chi connectivity index (χ4n) is 2.89.